The van der Waals surface area contributed by atoms with E-state index in [0.29, 0.717) is 41.1 Å². The van der Waals surface area contributed by atoms with Crippen LogP contribution in [0.4, 0.5) is 5.82 Å². The molecule has 0 aliphatic carbocycles. The highest BCUT2D eigenvalue weighted by molar-refractivity contribution is 9.10. The molecule has 0 amide bonds. The Labute approximate surface area is 231 Å². The maximum absolute atomic E-state index is 13.4. The number of hydrogen-bond acceptors (Lipinski definition) is 5. The van der Waals surface area contributed by atoms with Gasteiger partial charge >= 0.3 is 0 Å². The zero-order chi connectivity index (χ0) is 26.2. The number of rotatable bonds is 7. The minimum Gasteiger partial charge on any atom is -0.370 e. The number of fused-ring (bicyclic) bond motifs is 1. The summed E-state index contributed by atoms with van der Waals surface area (Å²) in [6.07, 6.45) is 3.47. The van der Waals surface area contributed by atoms with E-state index in [2.05, 4.69) is 40.2 Å². The minimum atomic E-state index is -3.54. The Kier molecular flexibility index (Phi) is 7.58. The first-order chi connectivity index (χ1) is 17.7. The Hall–Kier alpha value is -2.46. The molecular formula is C27H29BrClN5O2S. The molecule has 1 N–H and O–H groups in total. The van der Waals surface area contributed by atoms with Crippen LogP contribution in [0.15, 0.2) is 70.2 Å². The summed E-state index contributed by atoms with van der Waals surface area (Å²) in [5.74, 6) is 1.29. The molecule has 3 heterocycles. The van der Waals surface area contributed by atoms with Crippen molar-refractivity contribution in [1.29, 1.82) is 0 Å². The van der Waals surface area contributed by atoms with E-state index < -0.39 is 10.0 Å². The molecule has 1 aliphatic rings. The zero-order valence-electron chi connectivity index (χ0n) is 20.7. The molecule has 1 atom stereocenters. The Balaban J connectivity index is 1.35. The summed E-state index contributed by atoms with van der Waals surface area (Å²) in [5, 5.41) is 8.59. The normalized spacial score (nSPS) is 16.9. The van der Waals surface area contributed by atoms with Crippen molar-refractivity contribution in [2.45, 2.75) is 37.5 Å². The van der Waals surface area contributed by atoms with Gasteiger partial charge in [-0.2, -0.15) is 13.9 Å². The smallest absolute Gasteiger partial charge is 0.243 e. The highest BCUT2D eigenvalue weighted by Crippen LogP contribution is 2.31. The topological polar surface area (TPSA) is 79.6 Å². The van der Waals surface area contributed by atoms with Gasteiger partial charge < -0.3 is 5.32 Å². The van der Waals surface area contributed by atoms with Crippen LogP contribution in [0.2, 0.25) is 5.02 Å². The van der Waals surface area contributed by atoms with E-state index in [1.54, 1.807) is 27.2 Å². The zero-order valence-corrected chi connectivity index (χ0v) is 23.9. The Morgan fingerprint density at radius 2 is 1.92 bits per heavy atom. The van der Waals surface area contributed by atoms with E-state index in [9.17, 15) is 8.42 Å². The molecule has 194 valence electrons. The molecule has 1 saturated heterocycles. The summed E-state index contributed by atoms with van der Waals surface area (Å²) in [5.41, 5.74) is 3.38. The highest BCUT2D eigenvalue weighted by atomic mass is 79.9. The summed E-state index contributed by atoms with van der Waals surface area (Å²) in [4.78, 5) is 5.11. The maximum atomic E-state index is 13.4. The van der Waals surface area contributed by atoms with Crippen molar-refractivity contribution in [2.75, 3.05) is 25.0 Å². The number of aromatic nitrogens is 3. The Bertz CT molecular complexity index is 1520. The molecule has 37 heavy (non-hydrogen) atoms. The molecule has 2 aromatic carbocycles. The molecule has 1 fully saturated rings. The summed E-state index contributed by atoms with van der Waals surface area (Å²) >= 11 is 9.99. The summed E-state index contributed by atoms with van der Waals surface area (Å²) in [6, 6.07) is 16.8. The predicted molar refractivity (Wildman–Crippen MR) is 152 cm³/mol. The fraction of sp³-hybridized carbons (Fsp3) is 0.333. The summed E-state index contributed by atoms with van der Waals surface area (Å²) in [7, 11) is -3.54. The third kappa shape index (κ3) is 5.41. The molecule has 5 rings (SSSR count). The van der Waals surface area contributed by atoms with Crippen LogP contribution in [0.3, 0.4) is 0 Å². The number of benzene rings is 2. The third-order valence-corrected chi connectivity index (χ3v) is 9.59. The molecule has 2 aromatic heterocycles. The fourth-order valence-electron chi connectivity index (χ4n) is 4.70. The van der Waals surface area contributed by atoms with E-state index in [0.717, 1.165) is 40.0 Å². The molecule has 10 heteroatoms. The lowest BCUT2D eigenvalue weighted by Gasteiger charge is -2.32. The number of nitrogens with one attached hydrogen (secondary N) is 1. The minimum absolute atomic E-state index is 0.157. The number of halogens is 2. The first-order valence-corrected chi connectivity index (χ1v) is 15.0. The molecule has 0 bridgehead atoms. The van der Waals surface area contributed by atoms with Gasteiger partial charge in [-0.3, -0.25) is 0 Å². The second-order valence-electron chi connectivity index (χ2n) is 9.71. The van der Waals surface area contributed by atoms with Crippen molar-refractivity contribution >= 4 is 49.0 Å². The van der Waals surface area contributed by atoms with Gasteiger partial charge in [-0.1, -0.05) is 55.8 Å². The standard InChI is InChI=1S/C27H29BrClN5O2S/c1-18(2)20-9-11-21(12-10-20)37(35,36)33-13-5-6-19(17-33)15-30-26-14-25(22-7-3-4-8-24(22)29)32-27-23(28)16-31-34(26)27/h3-4,7-12,14,16,18-19,30H,5-6,13,15,17H2,1-2H3. The van der Waals surface area contributed by atoms with Gasteiger partial charge in [-0.25, -0.2) is 13.4 Å². The lowest BCUT2D eigenvalue weighted by molar-refractivity contribution is 0.275. The second-order valence-corrected chi connectivity index (χ2v) is 12.9. The van der Waals surface area contributed by atoms with Gasteiger partial charge in [0.2, 0.25) is 10.0 Å². The SMILES string of the molecule is CC(C)c1ccc(S(=O)(=O)N2CCCC(CNc3cc(-c4ccccc4Cl)nc4c(Br)cnn34)C2)cc1. The number of nitrogens with zero attached hydrogens (tertiary/aromatic N) is 4. The molecule has 1 unspecified atom stereocenters. The number of hydrogen-bond donors (Lipinski definition) is 1. The van der Waals surface area contributed by atoms with Crippen molar-refractivity contribution < 1.29 is 8.42 Å². The van der Waals surface area contributed by atoms with Crippen LogP contribution in [-0.4, -0.2) is 47.0 Å². The molecule has 7 nitrogen and oxygen atoms in total. The van der Waals surface area contributed by atoms with E-state index in [1.807, 2.05) is 42.5 Å². The van der Waals surface area contributed by atoms with E-state index in [1.165, 1.54) is 0 Å². The first-order valence-electron chi connectivity index (χ1n) is 12.4. The van der Waals surface area contributed by atoms with Gasteiger partial charge in [0.15, 0.2) is 5.65 Å². The Morgan fingerprint density at radius 3 is 2.65 bits per heavy atom. The van der Waals surface area contributed by atoms with Gasteiger partial charge in [0.05, 0.1) is 21.3 Å². The summed E-state index contributed by atoms with van der Waals surface area (Å²) in [6.45, 7) is 5.81. The third-order valence-electron chi connectivity index (χ3n) is 6.82. The highest BCUT2D eigenvalue weighted by Gasteiger charge is 2.30. The quantitative estimate of drug-likeness (QED) is 0.263. The van der Waals surface area contributed by atoms with Gasteiger partial charge in [-0.15, -0.1) is 0 Å². The first kappa shape index (κ1) is 26.2. The largest absolute Gasteiger partial charge is 0.370 e. The molecule has 4 aromatic rings. The van der Waals surface area contributed by atoms with Crippen molar-refractivity contribution in [1.82, 2.24) is 18.9 Å². The predicted octanol–water partition coefficient (Wildman–Crippen LogP) is 6.45. The van der Waals surface area contributed by atoms with Gasteiger partial charge in [-0.05, 0) is 64.4 Å². The molecule has 1 aliphatic heterocycles. The average molecular weight is 603 g/mol. The van der Waals surface area contributed by atoms with Gasteiger partial charge in [0.1, 0.15) is 5.82 Å². The maximum Gasteiger partial charge on any atom is 0.243 e. The lowest BCUT2D eigenvalue weighted by Crippen LogP contribution is -2.41. The Morgan fingerprint density at radius 1 is 1.16 bits per heavy atom. The molecule has 0 radical (unpaired) electrons. The van der Waals surface area contributed by atoms with Gasteiger partial charge in [0, 0.05) is 36.3 Å². The lowest BCUT2D eigenvalue weighted by atomic mass is 10.00. The number of piperidine rings is 1. The van der Waals surface area contributed by atoms with E-state index in [-0.39, 0.29) is 5.92 Å². The van der Waals surface area contributed by atoms with Crippen LogP contribution < -0.4 is 5.32 Å². The van der Waals surface area contributed by atoms with Crippen molar-refractivity contribution in [3.05, 3.63) is 75.9 Å². The molecule has 0 spiro atoms. The fourth-order valence-corrected chi connectivity index (χ4v) is 6.84. The van der Waals surface area contributed by atoms with Crippen molar-refractivity contribution in [2.24, 2.45) is 5.92 Å². The van der Waals surface area contributed by atoms with Crippen LogP contribution in [0, 0.1) is 5.92 Å². The van der Waals surface area contributed by atoms with Crippen LogP contribution in [-0.2, 0) is 10.0 Å². The van der Waals surface area contributed by atoms with Gasteiger partial charge in [0.25, 0.3) is 0 Å². The van der Waals surface area contributed by atoms with Crippen molar-refractivity contribution in [3.8, 4) is 11.3 Å². The van der Waals surface area contributed by atoms with Crippen molar-refractivity contribution in [3.63, 3.8) is 0 Å². The summed E-state index contributed by atoms with van der Waals surface area (Å²) < 4.78 is 30.9. The molecule has 0 saturated carbocycles. The van der Waals surface area contributed by atoms with E-state index in [4.69, 9.17) is 16.6 Å². The monoisotopic (exact) mass is 601 g/mol. The van der Waals surface area contributed by atoms with Crippen LogP contribution in [0.5, 0.6) is 0 Å². The average Bonchev–Trinajstić information content (AvgIpc) is 3.28. The number of anilines is 1. The van der Waals surface area contributed by atoms with Crippen LogP contribution in [0.25, 0.3) is 16.9 Å². The van der Waals surface area contributed by atoms with E-state index >= 15 is 0 Å². The van der Waals surface area contributed by atoms with Crippen LogP contribution >= 0.6 is 27.5 Å². The van der Waals surface area contributed by atoms with Crippen LogP contribution in [0.1, 0.15) is 38.2 Å². The number of sulfonamides is 1. The second kappa shape index (κ2) is 10.7. The molecular weight excluding hydrogens is 574 g/mol.